The maximum Gasteiger partial charge on any atom is 0.197 e. The molecule has 8 nitrogen and oxygen atoms in total. The lowest BCUT2D eigenvalue weighted by Crippen LogP contribution is -2.20. The van der Waals surface area contributed by atoms with Crippen molar-refractivity contribution in [3.63, 3.8) is 0 Å². The third kappa shape index (κ3) is 3.68. The van der Waals surface area contributed by atoms with Gasteiger partial charge in [0, 0.05) is 18.2 Å². The molecule has 29 heavy (non-hydrogen) atoms. The maximum absolute atomic E-state index is 13.3. The Morgan fingerprint density at radius 1 is 1.24 bits per heavy atom. The van der Waals surface area contributed by atoms with E-state index in [2.05, 4.69) is 4.52 Å². The van der Waals surface area contributed by atoms with Crippen molar-refractivity contribution < 1.29 is 28.3 Å². The smallest absolute Gasteiger partial charge is 0.197 e. The molecule has 1 aliphatic rings. The van der Waals surface area contributed by atoms with Crippen molar-refractivity contribution in [3.8, 4) is 22.6 Å². The fraction of sp³-hybridized carbons (Fsp3) is 0.250. The van der Waals surface area contributed by atoms with Crippen LogP contribution in [-0.2, 0) is 22.2 Å². The van der Waals surface area contributed by atoms with E-state index in [0.29, 0.717) is 46.6 Å². The van der Waals surface area contributed by atoms with Crippen LogP contribution in [0.2, 0.25) is 0 Å². The highest BCUT2D eigenvalue weighted by molar-refractivity contribution is 7.43. The van der Waals surface area contributed by atoms with Crippen molar-refractivity contribution >= 4 is 18.7 Å². The number of aromatic nitrogens is 1. The molecule has 9 heteroatoms. The lowest BCUT2D eigenvalue weighted by Gasteiger charge is -2.29. The van der Waals surface area contributed by atoms with Gasteiger partial charge in [-0.3, -0.25) is 4.79 Å². The van der Waals surface area contributed by atoms with Crippen LogP contribution in [0.25, 0.3) is 22.0 Å². The molecule has 4 rings (SSSR count). The number of fused-ring (bicyclic) bond motifs is 3. The summed E-state index contributed by atoms with van der Waals surface area (Å²) in [6.07, 6.45) is 2.17. The van der Waals surface area contributed by atoms with Gasteiger partial charge in [-0.25, -0.2) is 0 Å². The predicted octanol–water partition coefficient (Wildman–Crippen LogP) is 1.72. The number of rotatable bonds is 5. The molecule has 1 aromatic heterocycles. The molecule has 2 heterocycles. The molecule has 0 spiro atoms. The summed E-state index contributed by atoms with van der Waals surface area (Å²) in [5.74, 6) is 1.15. The molecule has 0 saturated carbocycles. The van der Waals surface area contributed by atoms with Crippen LogP contribution in [0, 0.1) is 6.92 Å². The highest BCUT2D eigenvalue weighted by atomic mass is 31.2. The van der Waals surface area contributed by atoms with Crippen molar-refractivity contribution in [1.82, 2.24) is 4.57 Å². The molecule has 0 fully saturated rings. The Hall–Kier alpha value is -2.64. The third-order valence-electron chi connectivity index (χ3n) is 4.95. The van der Waals surface area contributed by atoms with E-state index in [1.165, 1.54) is 10.8 Å². The molecule has 0 radical (unpaired) electrons. The lowest BCUT2D eigenvalue weighted by molar-refractivity contribution is -0.344. The minimum atomic E-state index is -5.21. The maximum atomic E-state index is 13.3. The Morgan fingerprint density at radius 2 is 1.97 bits per heavy atom. The average molecular weight is 415 g/mol. The molecule has 0 atom stereocenters. The first-order chi connectivity index (χ1) is 13.8. The molecule has 0 aliphatic carbocycles. The summed E-state index contributed by atoms with van der Waals surface area (Å²) in [6.45, 7) is 1.73. The zero-order chi connectivity index (χ0) is 20.8. The highest BCUT2D eigenvalue weighted by Gasteiger charge is 2.23. The quantitative estimate of drug-likeness (QED) is 0.583. The van der Waals surface area contributed by atoms with Crippen LogP contribution >= 0.6 is 7.82 Å². The SMILES string of the molecule is COc1ccc(-c2cn(COP(=O)([O-])[O-])c3c4c(cc(C)c3c2=O)CCO4)cc1. The van der Waals surface area contributed by atoms with E-state index in [-0.39, 0.29) is 5.43 Å². The summed E-state index contributed by atoms with van der Waals surface area (Å²) in [5, 5.41) is 0.397. The van der Waals surface area contributed by atoms with Crippen molar-refractivity contribution in [2.75, 3.05) is 13.7 Å². The van der Waals surface area contributed by atoms with Gasteiger partial charge in [0.05, 0.1) is 32.4 Å². The first kappa shape index (κ1) is 19.7. The number of methoxy groups -OCH3 is 1. The first-order valence-corrected chi connectivity index (χ1v) is 10.4. The monoisotopic (exact) mass is 415 g/mol. The van der Waals surface area contributed by atoms with Gasteiger partial charge >= 0.3 is 0 Å². The van der Waals surface area contributed by atoms with E-state index >= 15 is 0 Å². The van der Waals surface area contributed by atoms with E-state index in [9.17, 15) is 19.1 Å². The largest absolute Gasteiger partial charge is 0.790 e. The highest BCUT2D eigenvalue weighted by Crippen LogP contribution is 2.37. The van der Waals surface area contributed by atoms with Crippen LogP contribution in [0.4, 0.5) is 0 Å². The van der Waals surface area contributed by atoms with Crippen molar-refractivity contribution in [1.29, 1.82) is 0 Å². The number of aryl methyl sites for hydroxylation is 1. The molecule has 1 aliphatic heterocycles. The molecule has 0 bridgehead atoms. The molecular formula is C20H18NO7P-2. The second-order valence-corrected chi connectivity index (χ2v) is 7.93. The molecular weight excluding hydrogens is 397 g/mol. The predicted molar refractivity (Wildman–Crippen MR) is 103 cm³/mol. The second kappa shape index (κ2) is 7.31. The molecule has 152 valence electrons. The second-order valence-electron chi connectivity index (χ2n) is 6.78. The number of benzene rings is 2. The number of ether oxygens (including phenoxy) is 2. The number of hydrogen-bond donors (Lipinski definition) is 0. The summed E-state index contributed by atoms with van der Waals surface area (Å²) in [7, 11) is -3.66. The minimum Gasteiger partial charge on any atom is -0.790 e. The standard InChI is InChI=1S/C20H20NO7P/c1-12-9-14-7-8-27-20(14)18-17(12)19(22)16(10-21(18)11-28-29(23,24)25)13-3-5-15(26-2)6-4-13/h3-6,9-10H,7-8,11H2,1-2H3,(H2,23,24,25)/p-2. The minimum absolute atomic E-state index is 0.218. The third-order valence-corrected chi connectivity index (χ3v) is 5.38. The average Bonchev–Trinajstić information content (AvgIpc) is 3.14. The van der Waals surface area contributed by atoms with Gasteiger partial charge in [0.25, 0.3) is 0 Å². The van der Waals surface area contributed by atoms with Gasteiger partial charge in [0.2, 0.25) is 0 Å². The van der Waals surface area contributed by atoms with Crippen LogP contribution in [-0.4, -0.2) is 18.3 Å². The molecule has 0 saturated heterocycles. The summed E-state index contributed by atoms with van der Waals surface area (Å²) >= 11 is 0. The van der Waals surface area contributed by atoms with Gasteiger partial charge in [0.15, 0.2) is 5.43 Å². The van der Waals surface area contributed by atoms with E-state index in [1.54, 1.807) is 31.4 Å². The van der Waals surface area contributed by atoms with Crippen LogP contribution in [0.5, 0.6) is 11.5 Å². The van der Waals surface area contributed by atoms with Gasteiger partial charge in [-0.05, 0) is 35.7 Å². The Bertz CT molecular complexity index is 1190. The lowest BCUT2D eigenvalue weighted by atomic mass is 9.98. The fourth-order valence-electron chi connectivity index (χ4n) is 3.65. The number of phosphoric acid groups is 1. The van der Waals surface area contributed by atoms with Gasteiger partial charge < -0.3 is 32.9 Å². The fourth-order valence-corrected chi connectivity index (χ4v) is 3.91. The summed E-state index contributed by atoms with van der Waals surface area (Å²) < 4.78 is 27.9. The van der Waals surface area contributed by atoms with Crippen molar-refractivity contribution in [2.45, 2.75) is 20.1 Å². The summed E-state index contributed by atoms with van der Waals surface area (Å²) in [4.78, 5) is 35.5. The van der Waals surface area contributed by atoms with Crippen LogP contribution < -0.4 is 24.7 Å². The van der Waals surface area contributed by atoms with Crippen LogP contribution in [0.15, 0.2) is 41.3 Å². The van der Waals surface area contributed by atoms with Gasteiger partial charge in [-0.1, -0.05) is 18.2 Å². The van der Waals surface area contributed by atoms with Gasteiger partial charge in [0.1, 0.15) is 18.2 Å². The molecule has 2 aromatic carbocycles. The zero-order valence-corrected chi connectivity index (χ0v) is 16.7. The summed E-state index contributed by atoms with van der Waals surface area (Å²) in [6, 6.07) is 8.82. The topological polar surface area (TPSA) is 113 Å². The summed E-state index contributed by atoms with van der Waals surface area (Å²) in [5.41, 5.74) is 2.84. The zero-order valence-electron chi connectivity index (χ0n) is 15.8. The Balaban J connectivity index is 1.99. The number of pyridine rings is 1. The Labute approximate surface area is 166 Å². The van der Waals surface area contributed by atoms with Crippen molar-refractivity contribution in [2.24, 2.45) is 0 Å². The Kier molecular flexibility index (Phi) is 4.96. The number of hydrogen-bond acceptors (Lipinski definition) is 7. The van der Waals surface area contributed by atoms with E-state index in [1.807, 2.05) is 13.0 Å². The van der Waals surface area contributed by atoms with Gasteiger partial charge in [-0.2, -0.15) is 0 Å². The van der Waals surface area contributed by atoms with Crippen LogP contribution in [0.3, 0.4) is 0 Å². The molecule has 0 unspecified atom stereocenters. The molecule has 0 amide bonds. The van der Waals surface area contributed by atoms with Crippen LogP contribution in [0.1, 0.15) is 11.1 Å². The van der Waals surface area contributed by atoms with Gasteiger partial charge in [-0.15, -0.1) is 0 Å². The normalized spacial score (nSPS) is 13.4. The van der Waals surface area contributed by atoms with E-state index < -0.39 is 14.6 Å². The molecule has 0 N–H and O–H groups in total. The number of phosphoric ester groups is 1. The van der Waals surface area contributed by atoms with Crippen molar-refractivity contribution in [3.05, 3.63) is 57.9 Å². The number of nitrogens with zero attached hydrogens (tertiary/aromatic N) is 1. The Morgan fingerprint density at radius 3 is 2.62 bits per heavy atom. The first-order valence-electron chi connectivity index (χ1n) is 8.92. The van der Waals surface area contributed by atoms with E-state index in [0.717, 1.165) is 11.1 Å². The molecule has 3 aromatic rings. The van der Waals surface area contributed by atoms with E-state index in [4.69, 9.17) is 9.47 Å².